The third-order valence-corrected chi connectivity index (χ3v) is 1.79. The molecule has 0 radical (unpaired) electrons. The van der Waals surface area contributed by atoms with Crippen LogP contribution in [0.1, 0.15) is 25.2 Å². The number of hydrogen-bond acceptors (Lipinski definition) is 2. The second-order valence-electron chi connectivity index (χ2n) is 2.61. The minimum Gasteiger partial charge on any atom is -0.301 e. The molecule has 2 aromatic rings. The summed E-state index contributed by atoms with van der Waals surface area (Å²) in [6.45, 7) is 7.98. The molecule has 0 amide bonds. The Hall–Kier alpha value is -1.38. The molecule has 2 rings (SSSR count). The highest BCUT2D eigenvalue weighted by Gasteiger charge is 1.99. The minimum absolute atomic E-state index is 0.949. The van der Waals surface area contributed by atoms with E-state index >= 15 is 0 Å². The normalized spacial score (nSPS) is 9.54. The maximum atomic E-state index is 4.20. The molecule has 0 aliphatic rings. The molecule has 0 aliphatic heterocycles. The van der Waals surface area contributed by atoms with Gasteiger partial charge >= 0.3 is 0 Å². The summed E-state index contributed by atoms with van der Waals surface area (Å²) >= 11 is 0. The lowest BCUT2D eigenvalue weighted by atomic mass is 10.4. The maximum Gasteiger partial charge on any atom is 0.158 e. The Labute approximate surface area is 78.5 Å². The van der Waals surface area contributed by atoms with E-state index in [1.165, 1.54) is 0 Å². The highest BCUT2D eigenvalue weighted by molar-refractivity contribution is 5.43. The van der Waals surface area contributed by atoms with E-state index in [-0.39, 0.29) is 0 Å². The van der Waals surface area contributed by atoms with E-state index in [1.807, 2.05) is 44.5 Å². The van der Waals surface area contributed by atoms with Crippen LogP contribution in [-0.4, -0.2) is 14.4 Å². The van der Waals surface area contributed by atoms with Crippen LogP contribution in [0.2, 0.25) is 0 Å². The number of fused-ring (bicyclic) bond motifs is 1. The molecule has 3 nitrogen and oxygen atoms in total. The van der Waals surface area contributed by atoms with E-state index in [9.17, 15) is 0 Å². The smallest absolute Gasteiger partial charge is 0.158 e. The largest absolute Gasteiger partial charge is 0.301 e. The van der Waals surface area contributed by atoms with E-state index in [2.05, 4.69) is 9.97 Å². The zero-order valence-corrected chi connectivity index (χ0v) is 8.57. The summed E-state index contributed by atoms with van der Waals surface area (Å²) in [6.07, 6.45) is 5.58. The first-order chi connectivity index (χ1) is 6.29. The van der Waals surface area contributed by atoms with Crippen molar-refractivity contribution in [1.29, 1.82) is 0 Å². The molecule has 0 unspecified atom stereocenters. The molecule has 0 aromatic carbocycles. The van der Waals surface area contributed by atoms with Crippen LogP contribution >= 0.6 is 0 Å². The molecule has 0 saturated carbocycles. The first-order valence-electron chi connectivity index (χ1n) is 4.54. The van der Waals surface area contributed by atoms with Crippen molar-refractivity contribution in [2.24, 2.45) is 0 Å². The molecule has 2 heterocycles. The molecule has 2 aromatic heterocycles. The van der Waals surface area contributed by atoms with Crippen molar-refractivity contribution in [3.05, 3.63) is 30.0 Å². The van der Waals surface area contributed by atoms with Gasteiger partial charge in [0.15, 0.2) is 5.65 Å². The fourth-order valence-corrected chi connectivity index (χ4v) is 1.17. The lowest BCUT2D eigenvalue weighted by Crippen LogP contribution is -1.94. The monoisotopic (exact) mass is 177 g/mol. The first kappa shape index (κ1) is 9.71. The summed E-state index contributed by atoms with van der Waals surface area (Å²) < 4.78 is 2.03. The lowest BCUT2D eigenvalue weighted by molar-refractivity contribution is 1.02. The number of aromatic nitrogens is 3. The predicted molar refractivity (Wildman–Crippen MR) is 53.8 cm³/mol. The van der Waals surface area contributed by atoms with Gasteiger partial charge in [0.1, 0.15) is 0 Å². The molecular formula is C10H15N3. The van der Waals surface area contributed by atoms with Crippen molar-refractivity contribution < 1.29 is 0 Å². The molecule has 70 valence electrons. The van der Waals surface area contributed by atoms with Gasteiger partial charge < -0.3 is 4.40 Å². The molecule has 0 atom stereocenters. The Kier molecular flexibility index (Phi) is 3.01. The third-order valence-electron chi connectivity index (χ3n) is 1.79. The van der Waals surface area contributed by atoms with Crippen molar-refractivity contribution in [2.45, 2.75) is 27.7 Å². The Bertz CT molecular complexity index is 354. The van der Waals surface area contributed by atoms with Crippen LogP contribution in [-0.2, 0) is 0 Å². The van der Waals surface area contributed by atoms with Crippen molar-refractivity contribution in [1.82, 2.24) is 14.4 Å². The minimum atomic E-state index is 0.949. The van der Waals surface area contributed by atoms with Crippen LogP contribution in [0.15, 0.2) is 18.6 Å². The van der Waals surface area contributed by atoms with Gasteiger partial charge in [0.2, 0.25) is 0 Å². The Morgan fingerprint density at radius 3 is 2.46 bits per heavy atom. The highest BCUT2D eigenvalue weighted by atomic mass is 15.0. The number of imidazole rings is 1. The Morgan fingerprint density at radius 2 is 1.85 bits per heavy atom. The van der Waals surface area contributed by atoms with Gasteiger partial charge in [-0.25, -0.2) is 4.98 Å². The van der Waals surface area contributed by atoms with Crippen LogP contribution in [0, 0.1) is 13.8 Å². The summed E-state index contributed by atoms with van der Waals surface area (Å²) in [4.78, 5) is 8.38. The first-order valence-corrected chi connectivity index (χ1v) is 4.54. The second-order valence-corrected chi connectivity index (χ2v) is 2.61. The van der Waals surface area contributed by atoms with Crippen molar-refractivity contribution in [3.8, 4) is 0 Å². The fourth-order valence-electron chi connectivity index (χ4n) is 1.17. The maximum absolute atomic E-state index is 4.20. The fraction of sp³-hybridized carbons (Fsp3) is 0.400. The summed E-state index contributed by atoms with van der Waals surface area (Å²) in [7, 11) is 0. The molecule has 0 aliphatic carbocycles. The summed E-state index contributed by atoms with van der Waals surface area (Å²) in [5.74, 6) is 0. The zero-order chi connectivity index (χ0) is 9.84. The van der Waals surface area contributed by atoms with Crippen LogP contribution in [0.25, 0.3) is 5.65 Å². The van der Waals surface area contributed by atoms with Gasteiger partial charge in [0.05, 0.1) is 5.69 Å². The van der Waals surface area contributed by atoms with Crippen molar-refractivity contribution in [2.75, 3.05) is 0 Å². The van der Waals surface area contributed by atoms with Gasteiger partial charge in [0.25, 0.3) is 0 Å². The number of aryl methyl sites for hydroxylation is 2. The predicted octanol–water partition coefficient (Wildman–Crippen LogP) is 2.37. The van der Waals surface area contributed by atoms with Gasteiger partial charge in [-0.15, -0.1) is 0 Å². The van der Waals surface area contributed by atoms with E-state index < -0.39 is 0 Å². The third kappa shape index (κ3) is 1.69. The topological polar surface area (TPSA) is 30.2 Å². The van der Waals surface area contributed by atoms with Crippen LogP contribution in [0.4, 0.5) is 0 Å². The average molecular weight is 177 g/mol. The molecule has 0 spiro atoms. The van der Waals surface area contributed by atoms with Gasteiger partial charge in [-0.3, -0.25) is 4.98 Å². The summed E-state index contributed by atoms with van der Waals surface area (Å²) in [5, 5.41) is 0. The number of nitrogens with zero attached hydrogens (tertiary/aromatic N) is 3. The molecule has 3 heteroatoms. The van der Waals surface area contributed by atoms with Gasteiger partial charge in [-0.1, -0.05) is 13.8 Å². The van der Waals surface area contributed by atoms with Gasteiger partial charge in [-0.2, -0.15) is 0 Å². The highest BCUT2D eigenvalue weighted by Crippen LogP contribution is 2.06. The molecular weight excluding hydrogens is 162 g/mol. The molecule has 0 bridgehead atoms. The number of hydrogen-bond donors (Lipinski definition) is 0. The summed E-state index contributed by atoms with van der Waals surface area (Å²) in [5.41, 5.74) is 3.04. The van der Waals surface area contributed by atoms with Gasteiger partial charge in [-0.05, 0) is 13.8 Å². The Morgan fingerprint density at radius 1 is 1.15 bits per heavy atom. The number of rotatable bonds is 0. The lowest BCUT2D eigenvalue weighted by Gasteiger charge is -1.99. The van der Waals surface area contributed by atoms with Crippen LogP contribution in [0.3, 0.4) is 0 Å². The average Bonchev–Trinajstić information content (AvgIpc) is 2.64. The second kappa shape index (κ2) is 4.03. The van der Waals surface area contributed by atoms with E-state index in [1.54, 1.807) is 6.20 Å². The molecule has 0 fully saturated rings. The molecule has 0 saturated heterocycles. The van der Waals surface area contributed by atoms with E-state index in [4.69, 9.17) is 0 Å². The molecule has 0 N–H and O–H groups in total. The molecule has 13 heavy (non-hydrogen) atoms. The van der Waals surface area contributed by atoms with Gasteiger partial charge in [0, 0.05) is 24.3 Å². The van der Waals surface area contributed by atoms with Crippen molar-refractivity contribution in [3.63, 3.8) is 0 Å². The quantitative estimate of drug-likeness (QED) is 0.618. The zero-order valence-electron chi connectivity index (χ0n) is 8.57. The van der Waals surface area contributed by atoms with Crippen molar-refractivity contribution >= 4 is 5.65 Å². The van der Waals surface area contributed by atoms with E-state index in [0.717, 1.165) is 17.0 Å². The standard InChI is InChI=1S/C8H9N3.C2H6/c1-6-5-10-7(2)8-9-3-4-11(6)8;1-2/h3-5H,1-2H3;1-2H3. The van der Waals surface area contributed by atoms with Crippen LogP contribution in [0.5, 0.6) is 0 Å². The Balaban J connectivity index is 0.000000396. The SMILES string of the molecule is CC.Cc1ncc(C)n2ccnc12. The summed E-state index contributed by atoms with van der Waals surface area (Å²) in [6, 6.07) is 0. The van der Waals surface area contributed by atoms with Crippen LogP contribution < -0.4 is 0 Å². The van der Waals surface area contributed by atoms with E-state index in [0.29, 0.717) is 0 Å².